The Morgan fingerprint density at radius 1 is 1.53 bits per heavy atom. The summed E-state index contributed by atoms with van der Waals surface area (Å²) in [4.78, 5) is 10.3. The second-order valence-corrected chi connectivity index (χ2v) is 3.78. The van der Waals surface area contributed by atoms with Gasteiger partial charge in [-0.05, 0) is 28.1 Å². The van der Waals surface area contributed by atoms with Crippen molar-refractivity contribution in [3.8, 4) is 5.75 Å². The lowest BCUT2D eigenvalue weighted by Crippen LogP contribution is -2.09. The van der Waals surface area contributed by atoms with Gasteiger partial charge in [-0.2, -0.15) is 0 Å². The van der Waals surface area contributed by atoms with Gasteiger partial charge in [-0.25, -0.2) is 4.79 Å². The highest BCUT2D eigenvalue weighted by atomic mass is 79.9. The molecule has 4 nitrogen and oxygen atoms in total. The first kappa shape index (κ1) is 10.0. The standard InChI is InChI=1S/C10H7BrO4/c11-7-3-6-1-2-14-8(6)4-9(7)15-5-10(12)13/h1-4H,5H2,(H,12,13). The SMILES string of the molecule is O=C(O)COc1cc2occc2cc1Br. The Morgan fingerprint density at radius 2 is 2.33 bits per heavy atom. The maximum atomic E-state index is 10.3. The number of halogens is 1. The molecule has 0 aliphatic carbocycles. The Kier molecular flexibility index (Phi) is 2.64. The first-order valence-corrected chi connectivity index (χ1v) is 4.97. The van der Waals surface area contributed by atoms with Crippen LogP contribution in [0.4, 0.5) is 0 Å². The number of carboxylic acids is 1. The molecule has 5 heteroatoms. The summed E-state index contributed by atoms with van der Waals surface area (Å²) in [5.41, 5.74) is 0.665. The van der Waals surface area contributed by atoms with Crippen LogP contribution in [0, 0.1) is 0 Å². The Labute approximate surface area is 93.6 Å². The van der Waals surface area contributed by atoms with E-state index in [1.165, 1.54) is 0 Å². The van der Waals surface area contributed by atoms with E-state index in [2.05, 4.69) is 15.9 Å². The number of ether oxygens (including phenoxy) is 1. The third-order valence-electron chi connectivity index (χ3n) is 1.86. The minimum Gasteiger partial charge on any atom is -0.481 e. The van der Waals surface area contributed by atoms with Crippen LogP contribution in [0.25, 0.3) is 11.0 Å². The van der Waals surface area contributed by atoms with Crippen molar-refractivity contribution in [3.63, 3.8) is 0 Å². The zero-order valence-electron chi connectivity index (χ0n) is 7.57. The predicted molar refractivity (Wildman–Crippen MR) is 57.0 cm³/mol. The van der Waals surface area contributed by atoms with Gasteiger partial charge in [0.1, 0.15) is 11.3 Å². The van der Waals surface area contributed by atoms with E-state index in [9.17, 15) is 4.79 Å². The van der Waals surface area contributed by atoms with E-state index >= 15 is 0 Å². The van der Waals surface area contributed by atoms with Crippen molar-refractivity contribution in [1.29, 1.82) is 0 Å². The molecule has 2 aromatic rings. The predicted octanol–water partition coefficient (Wildman–Crippen LogP) is 2.66. The van der Waals surface area contributed by atoms with E-state index in [-0.39, 0.29) is 6.61 Å². The maximum Gasteiger partial charge on any atom is 0.341 e. The van der Waals surface area contributed by atoms with Crippen LogP contribution in [0.1, 0.15) is 0 Å². The number of aliphatic carboxylic acids is 1. The van der Waals surface area contributed by atoms with Gasteiger partial charge in [0.2, 0.25) is 0 Å². The molecule has 0 saturated carbocycles. The molecular formula is C10H7BrO4. The summed E-state index contributed by atoms with van der Waals surface area (Å²) in [6.07, 6.45) is 1.57. The second-order valence-electron chi connectivity index (χ2n) is 2.92. The van der Waals surface area contributed by atoms with Crippen molar-refractivity contribution in [1.82, 2.24) is 0 Å². The fourth-order valence-electron chi connectivity index (χ4n) is 1.21. The van der Waals surface area contributed by atoms with Gasteiger partial charge in [0.15, 0.2) is 6.61 Å². The van der Waals surface area contributed by atoms with Crippen LogP contribution in [-0.2, 0) is 4.79 Å². The summed E-state index contributed by atoms with van der Waals surface area (Å²) in [6, 6.07) is 5.29. The lowest BCUT2D eigenvalue weighted by Gasteiger charge is -2.05. The summed E-state index contributed by atoms with van der Waals surface area (Å²) >= 11 is 3.29. The molecule has 0 fully saturated rings. The molecule has 0 aliphatic rings. The molecular weight excluding hydrogens is 264 g/mol. The molecule has 0 aliphatic heterocycles. The van der Waals surface area contributed by atoms with Gasteiger partial charge < -0.3 is 14.3 Å². The molecule has 1 N–H and O–H groups in total. The van der Waals surface area contributed by atoms with E-state index < -0.39 is 5.97 Å². The van der Waals surface area contributed by atoms with Crippen LogP contribution in [0.15, 0.2) is 33.4 Å². The van der Waals surface area contributed by atoms with Gasteiger partial charge in [-0.3, -0.25) is 0 Å². The molecule has 0 atom stereocenters. The Hall–Kier alpha value is -1.49. The fourth-order valence-corrected chi connectivity index (χ4v) is 1.69. The van der Waals surface area contributed by atoms with Crippen molar-refractivity contribution >= 4 is 32.9 Å². The molecule has 15 heavy (non-hydrogen) atoms. The zero-order chi connectivity index (χ0) is 10.8. The third-order valence-corrected chi connectivity index (χ3v) is 2.48. The number of carboxylic acid groups (broad SMARTS) is 1. The maximum absolute atomic E-state index is 10.3. The van der Waals surface area contributed by atoms with Gasteiger partial charge in [0, 0.05) is 11.5 Å². The largest absolute Gasteiger partial charge is 0.481 e. The van der Waals surface area contributed by atoms with Gasteiger partial charge in [0.25, 0.3) is 0 Å². The first-order valence-electron chi connectivity index (χ1n) is 4.18. The summed E-state index contributed by atoms with van der Waals surface area (Å²) in [5.74, 6) is -0.554. The van der Waals surface area contributed by atoms with Crippen LogP contribution >= 0.6 is 15.9 Å². The van der Waals surface area contributed by atoms with Crippen molar-refractivity contribution in [2.45, 2.75) is 0 Å². The Balaban J connectivity index is 2.33. The van der Waals surface area contributed by atoms with Crippen LogP contribution in [0.2, 0.25) is 0 Å². The van der Waals surface area contributed by atoms with E-state index in [0.29, 0.717) is 15.8 Å². The number of carbonyl (C=O) groups is 1. The summed E-state index contributed by atoms with van der Waals surface area (Å²) in [7, 11) is 0. The molecule has 0 amide bonds. The monoisotopic (exact) mass is 270 g/mol. The molecule has 2 rings (SSSR count). The third kappa shape index (κ3) is 2.12. The molecule has 0 spiro atoms. The summed E-state index contributed by atoms with van der Waals surface area (Å²) < 4.78 is 10.9. The van der Waals surface area contributed by atoms with Gasteiger partial charge >= 0.3 is 5.97 Å². The molecule has 0 unspecified atom stereocenters. The highest BCUT2D eigenvalue weighted by molar-refractivity contribution is 9.10. The van der Waals surface area contributed by atoms with Gasteiger partial charge in [0.05, 0.1) is 10.7 Å². The van der Waals surface area contributed by atoms with Gasteiger partial charge in [-0.1, -0.05) is 0 Å². The highest BCUT2D eigenvalue weighted by Crippen LogP contribution is 2.30. The van der Waals surface area contributed by atoms with Crippen molar-refractivity contribution < 1.29 is 19.1 Å². The molecule has 1 heterocycles. The number of benzene rings is 1. The van der Waals surface area contributed by atoms with Crippen LogP contribution in [0.3, 0.4) is 0 Å². The average molecular weight is 271 g/mol. The van der Waals surface area contributed by atoms with E-state index in [4.69, 9.17) is 14.3 Å². The van der Waals surface area contributed by atoms with Gasteiger partial charge in [-0.15, -0.1) is 0 Å². The Bertz CT molecular complexity index is 503. The van der Waals surface area contributed by atoms with Crippen molar-refractivity contribution in [3.05, 3.63) is 28.9 Å². The highest BCUT2D eigenvalue weighted by Gasteiger charge is 2.07. The first-order chi connectivity index (χ1) is 7.16. The average Bonchev–Trinajstić information content (AvgIpc) is 2.60. The normalized spacial score (nSPS) is 10.5. The lowest BCUT2D eigenvalue weighted by atomic mass is 10.2. The minimum atomic E-state index is -1.01. The fraction of sp³-hybridized carbons (Fsp3) is 0.100. The zero-order valence-corrected chi connectivity index (χ0v) is 9.15. The molecule has 0 bridgehead atoms. The topological polar surface area (TPSA) is 59.7 Å². The van der Waals surface area contributed by atoms with Crippen molar-refractivity contribution in [2.24, 2.45) is 0 Å². The smallest absolute Gasteiger partial charge is 0.341 e. The van der Waals surface area contributed by atoms with Crippen LogP contribution in [0.5, 0.6) is 5.75 Å². The molecule has 0 saturated heterocycles. The molecule has 0 radical (unpaired) electrons. The van der Waals surface area contributed by atoms with E-state index in [1.807, 2.05) is 12.1 Å². The molecule has 78 valence electrons. The quantitative estimate of drug-likeness (QED) is 0.932. The van der Waals surface area contributed by atoms with E-state index in [0.717, 1.165) is 5.39 Å². The number of rotatable bonds is 3. The second kappa shape index (κ2) is 3.94. The number of furan rings is 1. The van der Waals surface area contributed by atoms with Crippen LogP contribution < -0.4 is 4.74 Å². The Morgan fingerprint density at radius 3 is 3.07 bits per heavy atom. The number of fused-ring (bicyclic) bond motifs is 1. The van der Waals surface area contributed by atoms with E-state index in [1.54, 1.807) is 12.3 Å². The lowest BCUT2D eigenvalue weighted by molar-refractivity contribution is -0.139. The number of hydrogen-bond acceptors (Lipinski definition) is 3. The summed E-state index contributed by atoms with van der Waals surface area (Å²) in [6.45, 7) is -0.370. The minimum absolute atomic E-state index is 0.370. The molecule has 1 aromatic heterocycles. The summed E-state index contributed by atoms with van der Waals surface area (Å²) in [5, 5.41) is 9.41. The molecule has 1 aromatic carbocycles. The van der Waals surface area contributed by atoms with Crippen LogP contribution in [-0.4, -0.2) is 17.7 Å². The number of hydrogen-bond donors (Lipinski definition) is 1. The van der Waals surface area contributed by atoms with Crippen molar-refractivity contribution in [2.75, 3.05) is 6.61 Å².